The van der Waals surface area contributed by atoms with E-state index in [1.807, 2.05) is 37.5 Å². The van der Waals surface area contributed by atoms with E-state index in [9.17, 15) is 0 Å². The molecule has 1 radical (unpaired) electrons. The number of pyridine rings is 2. The number of benzene rings is 5. The van der Waals surface area contributed by atoms with E-state index in [1.54, 1.807) is 0 Å². The standard InChI is InChI=1S/C37H32N3O.C15H18NSi.Ir/c1-22(2)30-20-26(25-12-7-6-8-13-25)21-31(23(3)4)34(30)40-33-17-10-9-16-32(33)39-37(40)29-15-11-14-27-28-18-19-38-24(5)35(28)41-36(27)29;1-12-5-7-13(8-6-12)15-10-9-14(11-16-15)17(2,3)4;/h6-14,16-23H,1-5H3;5-7,9-11H,1-4H3;/q2*-1;. The summed E-state index contributed by atoms with van der Waals surface area (Å²) in [6.07, 6.45) is 3.87. The molecule has 299 valence electrons. The molecule has 0 fully saturated rings. The molecule has 0 bridgehead atoms. The zero-order valence-electron chi connectivity index (χ0n) is 35.3. The molecule has 0 aliphatic carbocycles. The summed E-state index contributed by atoms with van der Waals surface area (Å²) in [6, 6.07) is 47.1. The molecule has 0 spiro atoms. The first-order chi connectivity index (χ1) is 27.9. The van der Waals surface area contributed by atoms with Gasteiger partial charge in [0.15, 0.2) is 0 Å². The predicted octanol–water partition coefficient (Wildman–Crippen LogP) is 13.4. The number of fused-ring (bicyclic) bond motifs is 4. The molecule has 0 aliphatic rings. The number of nitrogens with zero attached hydrogens (tertiary/aromatic N) is 4. The number of para-hydroxylation sites is 2. The molecule has 9 aromatic rings. The second-order valence-corrected chi connectivity index (χ2v) is 21.9. The third-order valence-electron chi connectivity index (χ3n) is 10.9. The van der Waals surface area contributed by atoms with Gasteiger partial charge in [-0.15, -0.1) is 53.6 Å². The number of rotatable bonds is 7. The maximum Gasteiger partial charge on any atom is 0.142 e. The van der Waals surface area contributed by atoms with Gasteiger partial charge < -0.3 is 14.0 Å². The van der Waals surface area contributed by atoms with Crippen LogP contribution in [0.1, 0.15) is 61.9 Å². The Morgan fingerprint density at radius 1 is 0.695 bits per heavy atom. The van der Waals surface area contributed by atoms with E-state index < -0.39 is 8.07 Å². The van der Waals surface area contributed by atoms with Gasteiger partial charge in [-0.3, -0.25) is 9.97 Å². The molecule has 7 heteroatoms. The van der Waals surface area contributed by atoms with Crippen LogP contribution in [0.15, 0.2) is 132 Å². The van der Waals surface area contributed by atoms with Crippen molar-refractivity contribution in [3.63, 3.8) is 0 Å². The summed E-state index contributed by atoms with van der Waals surface area (Å²) in [5.74, 6) is 1.41. The van der Waals surface area contributed by atoms with Gasteiger partial charge in [-0.2, -0.15) is 0 Å². The third-order valence-corrected chi connectivity index (χ3v) is 13.0. The Hall–Kier alpha value is -5.46. The minimum absolute atomic E-state index is 0. The Kier molecular flexibility index (Phi) is 12.0. The van der Waals surface area contributed by atoms with Crippen LogP contribution in [0, 0.1) is 26.0 Å². The fraction of sp³-hybridized carbons (Fsp3) is 0.212. The first-order valence-corrected chi connectivity index (χ1v) is 23.7. The van der Waals surface area contributed by atoms with Gasteiger partial charge >= 0.3 is 0 Å². The molecule has 0 saturated heterocycles. The summed E-state index contributed by atoms with van der Waals surface area (Å²) in [7, 11) is -1.24. The molecule has 0 N–H and O–H groups in total. The average molecular weight is 967 g/mol. The number of imidazole rings is 1. The van der Waals surface area contributed by atoms with Crippen molar-refractivity contribution in [1.82, 2.24) is 19.5 Å². The second-order valence-electron chi connectivity index (χ2n) is 16.9. The zero-order valence-corrected chi connectivity index (χ0v) is 38.7. The van der Waals surface area contributed by atoms with Crippen molar-refractivity contribution in [2.45, 2.75) is 73.0 Å². The fourth-order valence-corrected chi connectivity index (χ4v) is 8.69. The summed E-state index contributed by atoms with van der Waals surface area (Å²) in [4.78, 5) is 14.3. The van der Waals surface area contributed by atoms with Crippen LogP contribution in [-0.4, -0.2) is 27.6 Å². The summed E-state index contributed by atoms with van der Waals surface area (Å²) in [5, 5.41) is 3.50. The van der Waals surface area contributed by atoms with Gasteiger partial charge in [-0.05, 0) is 82.2 Å². The molecule has 4 heterocycles. The number of aromatic nitrogens is 4. The molecule has 59 heavy (non-hydrogen) atoms. The van der Waals surface area contributed by atoms with E-state index in [-0.39, 0.29) is 20.1 Å². The van der Waals surface area contributed by atoms with Gasteiger partial charge in [0.2, 0.25) is 0 Å². The van der Waals surface area contributed by atoms with Crippen molar-refractivity contribution in [1.29, 1.82) is 0 Å². The Morgan fingerprint density at radius 2 is 1.39 bits per heavy atom. The quantitative estimate of drug-likeness (QED) is 0.118. The second kappa shape index (κ2) is 17.0. The van der Waals surface area contributed by atoms with Gasteiger partial charge in [0, 0.05) is 43.6 Å². The van der Waals surface area contributed by atoms with Crippen LogP contribution in [0.5, 0.6) is 0 Å². The fourth-order valence-electron chi connectivity index (χ4n) is 7.66. The molecule has 0 amide bonds. The van der Waals surface area contributed by atoms with Crippen molar-refractivity contribution in [3.8, 4) is 39.5 Å². The molecule has 9 rings (SSSR count). The number of hydrogen-bond donors (Lipinski definition) is 0. The summed E-state index contributed by atoms with van der Waals surface area (Å²) >= 11 is 0. The maximum absolute atomic E-state index is 6.54. The summed E-state index contributed by atoms with van der Waals surface area (Å²) in [5.41, 5.74) is 14.9. The largest absolute Gasteiger partial charge is 0.499 e. The van der Waals surface area contributed by atoms with E-state index in [0.29, 0.717) is 11.8 Å². The zero-order chi connectivity index (χ0) is 40.7. The van der Waals surface area contributed by atoms with Gasteiger partial charge in [-0.1, -0.05) is 120 Å². The van der Waals surface area contributed by atoms with Crippen LogP contribution >= 0.6 is 0 Å². The van der Waals surface area contributed by atoms with Crippen LogP contribution in [0.25, 0.3) is 72.4 Å². The van der Waals surface area contributed by atoms with Crippen LogP contribution in [0.4, 0.5) is 0 Å². The van der Waals surface area contributed by atoms with E-state index in [4.69, 9.17) is 9.40 Å². The SMILES string of the molecule is Cc1c[c-]c(-c2ccc([Si](C)(C)C)cn2)cc1.Cc1nccc2c1oc1c(-c3nc4ccccc4n3-c3c(C(C)C)cc(-c4ccccc4)cc3C(C)C)[c-]ccc12.[Ir]. The van der Waals surface area contributed by atoms with E-state index in [2.05, 4.69) is 178 Å². The summed E-state index contributed by atoms with van der Waals surface area (Å²) < 4.78 is 8.89. The minimum Gasteiger partial charge on any atom is -0.499 e. The van der Waals surface area contributed by atoms with Gasteiger partial charge in [0.05, 0.1) is 36.2 Å². The van der Waals surface area contributed by atoms with E-state index in [1.165, 1.54) is 38.7 Å². The van der Waals surface area contributed by atoms with Crippen LogP contribution in [-0.2, 0) is 20.1 Å². The maximum atomic E-state index is 6.54. The van der Waals surface area contributed by atoms with Crippen LogP contribution in [0.3, 0.4) is 0 Å². The smallest absolute Gasteiger partial charge is 0.142 e. The molecule has 5 nitrogen and oxygen atoms in total. The molecular weight excluding hydrogens is 917 g/mol. The van der Waals surface area contributed by atoms with Crippen molar-refractivity contribution in [2.75, 3.05) is 0 Å². The molecule has 4 aromatic heterocycles. The minimum atomic E-state index is -1.24. The predicted molar refractivity (Wildman–Crippen MR) is 245 cm³/mol. The number of hydrogen-bond acceptors (Lipinski definition) is 4. The van der Waals surface area contributed by atoms with Gasteiger partial charge in [0.25, 0.3) is 0 Å². The van der Waals surface area contributed by atoms with Crippen LogP contribution < -0.4 is 5.19 Å². The number of furan rings is 1. The van der Waals surface area contributed by atoms with Crippen LogP contribution in [0.2, 0.25) is 19.6 Å². The Labute approximate surface area is 363 Å². The normalized spacial score (nSPS) is 11.6. The first-order valence-electron chi connectivity index (χ1n) is 20.2. The number of aryl methyl sites for hydroxylation is 2. The first kappa shape index (κ1) is 41.7. The molecule has 0 atom stereocenters. The van der Waals surface area contributed by atoms with Crippen molar-refractivity contribution in [2.24, 2.45) is 0 Å². The molecular formula is C52H50IrN4OSi-2. The third kappa shape index (κ3) is 8.25. The molecule has 0 aliphatic heterocycles. The van der Waals surface area contributed by atoms with Crippen molar-refractivity contribution in [3.05, 3.63) is 162 Å². The van der Waals surface area contributed by atoms with Crippen molar-refractivity contribution < 1.29 is 24.5 Å². The Morgan fingerprint density at radius 3 is 2.03 bits per heavy atom. The van der Waals surface area contributed by atoms with E-state index >= 15 is 0 Å². The molecule has 0 saturated carbocycles. The summed E-state index contributed by atoms with van der Waals surface area (Å²) in [6.45, 7) is 20.2. The van der Waals surface area contributed by atoms with E-state index in [0.717, 1.165) is 61.3 Å². The molecule has 5 aromatic carbocycles. The van der Waals surface area contributed by atoms with Gasteiger partial charge in [-0.25, -0.2) is 0 Å². The van der Waals surface area contributed by atoms with Gasteiger partial charge in [0.1, 0.15) is 5.58 Å². The molecule has 0 unspecified atom stereocenters. The Balaban J connectivity index is 0.000000247. The Bertz CT molecular complexity index is 2860. The monoisotopic (exact) mass is 967 g/mol. The average Bonchev–Trinajstić information content (AvgIpc) is 3.81. The topological polar surface area (TPSA) is 56.7 Å². The van der Waals surface area contributed by atoms with Crippen molar-refractivity contribution >= 4 is 46.2 Å².